The Bertz CT molecular complexity index is 1680. The van der Waals surface area contributed by atoms with Crippen molar-refractivity contribution in [3.05, 3.63) is 53.6 Å². The first-order chi connectivity index (χ1) is 18.3. The molecule has 14 heteroatoms. The molecule has 39 heavy (non-hydrogen) atoms. The van der Waals surface area contributed by atoms with Gasteiger partial charge in [-0.05, 0) is 67.0 Å². The summed E-state index contributed by atoms with van der Waals surface area (Å²) >= 11 is 0. The Morgan fingerprint density at radius 1 is 1.08 bits per heavy atom. The lowest BCUT2D eigenvalue weighted by Crippen LogP contribution is -2.61. The van der Waals surface area contributed by atoms with Gasteiger partial charge in [0.25, 0.3) is 10.0 Å². The largest absolute Gasteiger partial charge is 0.341 e. The molecular formula is C25H24F2N4O6S2. The minimum atomic E-state index is -4.41. The van der Waals surface area contributed by atoms with Gasteiger partial charge in [-0.2, -0.15) is 8.42 Å². The van der Waals surface area contributed by atoms with Crippen LogP contribution < -0.4 is 10.0 Å². The second-order valence-electron chi connectivity index (χ2n) is 10.6. The molecule has 2 aromatic rings. The first kappa shape index (κ1) is 25.9. The van der Waals surface area contributed by atoms with Crippen molar-refractivity contribution in [2.45, 2.75) is 36.7 Å². The van der Waals surface area contributed by atoms with Crippen molar-refractivity contribution >= 4 is 48.9 Å². The maximum Gasteiger partial charge on any atom is 0.286 e. The zero-order valence-electron chi connectivity index (χ0n) is 20.6. The van der Waals surface area contributed by atoms with Gasteiger partial charge in [0.05, 0.1) is 11.9 Å². The van der Waals surface area contributed by atoms with E-state index in [1.54, 1.807) is 0 Å². The Morgan fingerprint density at radius 2 is 1.82 bits per heavy atom. The molecule has 6 rings (SSSR count). The average Bonchev–Trinajstić information content (AvgIpc) is 3.46. The predicted octanol–water partition coefficient (Wildman–Crippen LogP) is 2.49. The topological polar surface area (TPSA) is 142 Å². The van der Waals surface area contributed by atoms with E-state index in [9.17, 15) is 35.2 Å². The molecule has 2 aliphatic heterocycles. The van der Waals surface area contributed by atoms with Crippen molar-refractivity contribution in [3.8, 4) is 0 Å². The minimum Gasteiger partial charge on any atom is -0.341 e. The number of carbonyl (C=O) groups excluding carboxylic acids is 2. The number of fused-ring (bicyclic) bond motifs is 6. The van der Waals surface area contributed by atoms with Gasteiger partial charge < -0.3 is 10.2 Å². The lowest BCUT2D eigenvalue weighted by molar-refractivity contribution is -0.153. The molecule has 2 N–H and O–H groups in total. The van der Waals surface area contributed by atoms with E-state index in [0.29, 0.717) is 5.56 Å². The van der Waals surface area contributed by atoms with Crippen molar-refractivity contribution < 1.29 is 35.2 Å². The maximum atomic E-state index is 14.0. The zero-order chi connectivity index (χ0) is 27.9. The summed E-state index contributed by atoms with van der Waals surface area (Å²) in [6, 6.07) is 6.72. The normalized spacial score (nSPS) is 28.9. The van der Waals surface area contributed by atoms with Gasteiger partial charge in [0.2, 0.25) is 15.9 Å². The number of nitrogens with one attached hydrogen (secondary N) is 2. The fourth-order valence-electron chi connectivity index (χ4n) is 6.59. The van der Waals surface area contributed by atoms with Crippen molar-refractivity contribution in [2.24, 2.45) is 28.1 Å². The van der Waals surface area contributed by atoms with Gasteiger partial charge >= 0.3 is 0 Å². The number of likely N-dealkylation sites (tertiary alicyclic amines) is 1. The Kier molecular flexibility index (Phi) is 5.84. The number of hydrogen-bond donors (Lipinski definition) is 2. The predicted molar refractivity (Wildman–Crippen MR) is 137 cm³/mol. The first-order valence-electron chi connectivity index (χ1n) is 12.3. The Morgan fingerprint density at radius 3 is 2.54 bits per heavy atom. The molecule has 3 fully saturated rings. The smallest absolute Gasteiger partial charge is 0.286 e. The van der Waals surface area contributed by atoms with Gasteiger partial charge in [-0.1, -0.05) is 6.07 Å². The van der Waals surface area contributed by atoms with E-state index < -0.39 is 61.2 Å². The monoisotopic (exact) mass is 578 g/mol. The van der Waals surface area contributed by atoms with Gasteiger partial charge in [0.1, 0.15) is 10.7 Å². The third kappa shape index (κ3) is 4.39. The summed E-state index contributed by atoms with van der Waals surface area (Å²) < 4.78 is 82.9. The number of nitrogens with zero attached hydrogens (tertiary/aromatic N) is 2. The van der Waals surface area contributed by atoms with E-state index in [2.05, 4.69) is 14.4 Å². The molecule has 0 spiro atoms. The summed E-state index contributed by atoms with van der Waals surface area (Å²) in [4.78, 5) is 28.9. The second-order valence-corrected chi connectivity index (χ2v) is 13.9. The third-order valence-electron chi connectivity index (χ3n) is 8.03. The van der Waals surface area contributed by atoms with Crippen LogP contribution in [0.5, 0.6) is 0 Å². The van der Waals surface area contributed by atoms with Crippen LogP contribution in [0.4, 0.5) is 20.2 Å². The molecule has 0 aromatic heterocycles. The van der Waals surface area contributed by atoms with Crippen LogP contribution in [0.25, 0.3) is 0 Å². The van der Waals surface area contributed by atoms with Crippen molar-refractivity contribution in [2.75, 3.05) is 16.3 Å². The minimum absolute atomic E-state index is 0.00706. The van der Waals surface area contributed by atoms with E-state index in [1.165, 1.54) is 23.1 Å². The standard InChI is InChI=1S/C25H24F2N4O6S2/c1-38(34,35)29-15-5-7-18-19(10-15)39(36,37)30-24(28-18)21-23(32)20-13-3-4-14(9-13)22(20)31(25(21)33)11-12-2-6-16(26)17(27)8-12/h2,5-8,10,13-14,20-22,29H,3-4,9,11H2,1H3,(H,28,30)/t13-,14+,20-,21?,22+/m1/s1. The van der Waals surface area contributed by atoms with Crippen LogP contribution in [-0.2, 0) is 36.2 Å². The zero-order valence-corrected chi connectivity index (χ0v) is 22.2. The maximum absolute atomic E-state index is 14.0. The van der Waals surface area contributed by atoms with Gasteiger partial charge in [-0.15, -0.1) is 4.40 Å². The summed E-state index contributed by atoms with van der Waals surface area (Å²) in [7, 11) is -8.08. The number of anilines is 2. The number of Topliss-reactive ketones (excluding diaryl/α,β-unsaturated/α-hetero) is 1. The highest BCUT2D eigenvalue weighted by Gasteiger charge is 2.60. The fourth-order valence-corrected chi connectivity index (χ4v) is 8.32. The summed E-state index contributed by atoms with van der Waals surface area (Å²) in [5, 5.41) is 2.81. The molecule has 2 aromatic carbocycles. The number of piperidine rings is 1. The van der Waals surface area contributed by atoms with Crippen LogP contribution in [0.3, 0.4) is 0 Å². The lowest BCUT2D eigenvalue weighted by atomic mass is 9.73. The molecule has 1 unspecified atom stereocenters. The van der Waals surface area contributed by atoms with E-state index in [1.807, 2.05) is 0 Å². The average molecular weight is 579 g/mol. The van der Waals surface area contributed by atoms with Gasteiger partial charge in [0.15, 0.2) is 23.3 Å². The summed E-state index contributed by atoms with van der Waals surface area (Å²) in [5.41, 5.74) is 0.397. The molecule has 5 atom stereocenters. The van der Waals surface area contributed by atoms with Crippen LogP contribution in [0.1, 0.15) is 24.8 Å². The van der Waals surface area contributed by atoms with Crippen molar-refractivity contribution in [1.29, 1.82) is 0 Å². The highest BCUT2D eigenvalue weighted by molar-refractivity contribution is 7.92. The molecule has 1 amide bonds. The molecule has 2 saturated carbocycles. The molecule has 0 radical (unpaired) electrons. The van der Waals surface area contributed by atoms with E-state index in [-0.39, 0.29) is 40.5 Å². The molecule has 1 saturated heterocycles. The number of halogens is 2. The Labute approximate surface area is 223 Å². The van der Waals surface area contributed by atoms with Gasteiger partial charge in [-0.3, -0.25) is 14.3 Å². The Hall–Kier alpha value is -3.39. The molecule has 2 bridgehead atoms. The summed E-state index contributed by atoms with van der Waals surface area (Å²) in [6.45, 7) is -0.0681. The number of rotatable bonds is 5. The summed E-state index contributed by atoms with van der Waals surface area (Å²) in [5.74, 6) is -5.39. The number of hydrogen-bond acceptors (Lipinski definition) is 7. The number of amides is 1. The lowest BCUT2D eigenvalue weighted by Gasteiger charge is -2.45. The van der Waals surface area contributed by atoms with Crippen LogP contribution in [0.2, 0.25) is 0 Å². The van der Waals surface area contributed by atoms with Crippen LogP contribution in [-0.4, -0.2) is 51.6 Å². The highest BCUT2D eigenvalue weighted by atomic mass is 32.2. The van der Waals surface area contributed by atoms with Crippen LogP contribution in [0.15, 0.2) is 45.7 Å². The van der Waals surface area contributed by atoms with E-state index in [0.717, 1.165) is 43.7 Å². The number of carbonyl (C=O) groups is 2. The number of sulfonamides is 2. The molecular weight excluding hydrogens is 554 g/mol. The first-order valence-corrected chi connectivity index (χ1v) is 15.7. The van der Waals surface area contributed by atoms with Crippen LogP contribution in [0, 0.1) is 35.3 Å². The van der Waals surface area contributed by atoms with Crippen LogP contribution >= 0.6 is 0 Å². The number of benzene rings is 2. The molecule has 4 aliphatic rings. The fraction of sp³-hybridized carbons (Fsp3) is 0.400. The number of amidine groups is 1. The van der Waals surface area contributed by atoms with Crippen molar-refractivity contribution in [3.63, 3.8) is 0 Å². The number of ketones is 1. The Balaban J connectivity index is 1.38. The summed E-state index contributed by atoms with van der Waals surface area (Å²) in [6.07, 6.45) is 3.34. The van der Waals surface area contributed by atoms with E-state index >= 15 is 0 Å². The molecule has 2 heterocycles. The molecule has 206 valence electrons. The third-order valence-corrected chi connectivity index (χ3v) is 9.97. The van der Waals surface area contributed by atoms with Crippen molar-refractivity contribution in [1.82, 2.24) is 4.90 Å². The quantitative estimate of drug-likeness (QED) is 0.519. The highest BCUT2D eigenvalue weighted by Crippen LogP contribution is 2.54. The molecule has 2 aliphatic carbocycles. The second kappa shape index (κ2) is 8.81. The van der Waals surface area contributed by atoms with Gasteiger partial charge in [0, 0.05) is 24.2 Å². The SMILES string of the molecule is CS(=O)(=O)Nc1ccc2c(c1)S(=O)(=O)N=C(C1C(=O)[C@@H]3[C@@H]4CC[C@@H](C4)[C@@H]3N(Cc3ccc(F)c(F)c3)C1=O)N2. The van der Waals surface area contributed by atoms with Gasteiger partial charge in [-0.25, -0.2) is 17.2 Å². The van der Waals surface area contributed by atoms with E-state index in [4.69, 9.17) is 0 Å². The molecule has 10 nitrogen and oxygen atoms in total.